The van der Waals surface area contributed by atoms with E-state index in [2.05, 4.69) is 5.32 Å². The van der Waals surface area contributed by atoms with E-state index >= 15 is 0 Å². The lowest BCUT2D eigenvalue weighted by Crippen LogP contribution is -2.11. The van der Waals surface area contributed by atoms with Crippen LogP contribution in [0.25, 0.3) is 0 Å². The highest BCUT2D eigenvalue weighted by Gasteiger charge is 2.01. The summed E-state index contributed by atoms with van der Waals surface area (Å²) in [4.78, 5) is 10.6. The lowest BCUT2D eigenvalue weighted by Gasteiger charge is -2.04. The van der Waals surface area contributed by atoms with Crippen molar-refractivity contribution in [3.63, 3.8) is 0 Å². The number of hydrogen-bond donors (Lipinski definition) is 2. The van der Waals surface area contributed by atoms with Gasteiger partial charge in [-0.05, 0) is 43.8 Å². The minimum absolute atomic E-state index is 0.205. The van der Waals surface area contributed by atoms with Gasteiger partial charge in [0.1, 0.15) is 12.0 Å². The number of likely N-dealkylation sites (N-methyl/N-ethyl adjacent to an activating group) is 1. The Bertz CT molecular complexity index is 297. The van der Waals surface area contributed by atoms with Crippen LogP contribution in [0, 0.1) is 0 Å². The second-order valence-electron chi connectivity index (χ2n) is 2.85. The summed E-state index contributed by atoms with van der Waals surface area (Å²) in [5.74, 6) is 0.205. The Balaban J connectivity index is 2.87. The van der Waals surface area contributed by atoms with E-state index in [4.69, 9.17) is 0 Å². The molecule has 0 amide bonds. The summed E-state index contributed by atoms with van der Waals surface area (Å²) >= 11 is 0. The van der Waals surface area contributed by atoms with Crippen molar-refractivity contribution in [2.75, 3.05) is 13.6 Å². The van der Waals surface area contributed by atoms with E-state index in [1.807, 2.05) is 7.05 Å². The molecule has 0 saturated carbocycles. The van der Waals surface area contributed by atoms with Gasteiger partial charge in [-0.2, -0.15) is 0 Å². The van der Waals surface area contributed by atoms with Crippen LogP contribution in [0.15, 0.2) is 18.2 Å². The van der Waals surface area contributed by atoms with E-state index in [-0.39, 0.29) is 5.75 Å². The molecule has 0 atom stereocenters. The van der Waals surface area contributed by atoms with Crippen LogP contribution in [0.1, 0.15) is 15.9 Å². The molecule has 0 radical (unpaired) electrons. The minimum atomic E-state index is 0.205. The van der Waals surface area contributed by atoms with Gasteiger partial charge in [0.2, 0.25) is 0 Å². The maximum absolute atomic E-state index is 10.6. The van der Waals surface area contributed by atoms with Crippen molar-refractivity contribution < 1.29 is 9.90 Å². The second kappa shape index (κ2) is 4.62. The second-order valence-corrected chi connectivity index (χ2v) is 2.85. The van der Waals surface area contributed by atoms with Gasteiger partial charge >= 0.3 is 0 Å². The number of phenols is 1. The quantitative estimate of drug-likeness (QED) is 0.677. The molecule has 1 aromatic carbocycles. The normalized spacial score (nSPS) is 9.92. The van der Waals surface area contributed by atoms with Crippen LogP contribution in [-0.4, -0.2) is 25.0 Å². The van der Waals surface area contributed by atoms with Crippen LogP contribution >= 0.6 is 0 Å². The minimum Gasteiger partial charge on any atom is -0.508 e. The number of aldehydes is 1. The zero-order valence-electron chi connectivity index (χ0n) is 7.58. The monoisotopic (exact) mass is 179 g/mol. The van der Waals surface area contributed by atoms with E-state index in [0.29, 0.717) is 5.56 Å². The highest BCUT2D eigenvalue weighted by molar-refractivity contribution is 5.77. The summed E-state index contributed by atoms with van der Waals surface area (Å²) in [5, 5.41) is 12.2. The van der Waals surface area contributed by atoms with Crippen LogP contribution < -0.4 is 5.32 Å². The Hall–Kier alpha value is -1.35. The van der Waals surface area contributed by atoms with Gasteiger partial charge in [0.25, 0.3) is 0 Å². The molecular formula is C10H13NO2. The lowest BCUT2D eigenvalue weighted by atomic mass is 10.1. The third kappa shape index (κ3) is 2.56. The zero-order chi connectivity index (χ0) is 9.68. The van der Waals surface area contributed by atoms with E-state index in [1.54, 1.807) is 12.1 Å². The predicted molar refractivity (Wildman–Crippen MR) is 51.1 cm³/mol. The van der Waals surface area contributed by atoms with Gasteiger partial charge in [-0.25, -0.2) is 0 Å². The first-order valence-electron chi connectivity index (χ1n) is 4.19. The largest absolute Gasteiger partial charge is 0.508 e. The van der Waals surface area contributed by atoms with Crippen LogP contribution in [-0.2, 0) is 6.42 Å². The van der Waals surface area contributed by atoms with Gasteiger partial charge in [-0.3, -0.25) is 4.79 Å². The van der Waals surface area contributed by atoms with Crippen molar-refractivity contribution in [3.8, 4) is 5.75 Å². The molecular weight excluding hydrogens is 166 g/mol. The summed E-state index contributed by atoms with van der Waals surface area (Å²) in [6, 6.07) is 4.78. The van der Waals surface area contributed by atoms with Crippen molar-refractivity contribution in [1.82, 2.24) is 5.32 Å². The summed E-state index contributed by atoms with van der Waals surface area (Å²) in [6.45, 7) is 0.796. The fourth-order valence-electron chi connectivity index (χ4n) is 1.18. The smallest absolute Gasteiger partial charge is 0.150 e. The van der Waals surface area contributed by atoms with Crippen LogP contribution in [0.2, 0.25) is 0 Å². The average Bonchev–Trinajstić information content (AvgIpc) is 2.15. The van der Waals surface area contributed by atoms with Crippen LogP contribution in [0.3, 0.4) is 0 Å². The molecule has 0 spiro atoms. The highest BCUT2D eigenvalue weighted by Crippen LogP contribution is 2.15. The van der Waals surface area contributed by atoms with Crippen molar-refractivity contribution in [2.24, 2.45) is 0 Å². The number of carbonyl (C=O) groups excluding carboxylic acids is 1. The number of hydrogen-bond acceptors (Lipinski definition) is 3. The highest BCUT2D eigenvalue weighted by atomic mass is 16.3. The average molecular weight is 179 g/mol. The molecule has 3 heteroatoms. The number of aromatic hydroxyl groups is 1. The first kappa shape index (κ1) is 9.74. The maximum Gasteiger partial charge on any atom is 0.150 e. The van der Waals surface area contributed by atoms with Gasteiger partial charge in [-0.15, -0.1) is 0 Å². The fourth-order valence-corrected chi connectivity index (χ4v) is 1.18. The Labute approximate surface area is 77.4 Å². The summed E-state index contributed by atoms with van der Waals surface area (Å²) in [6.07, 6.45) is 1.56. The molecule has 0 heterocycles. The van der Waals surface area contributed by atoms with Gasteiger partial charge in [0.15, 0.2) is 0 Å². The number of benzene rings is 1. The van der Waals surface area contributed by atoms with E-state index in [0.717, 1.165) is 24.8 Å². The van der Waals surface area contributed by atoms with Crippen molar-refractivity contribution in [2.45, 2.75) is 6.42 Å². The molecule has 0 fully saturated rings. The molecule has 13 heavy (non-hydrogen) atoms. The zero-order valence-corrected chi connectivity index (χ0v) is 7.58. The Morgan fingerprint density at radius 3 is 2.92 bits per heavy atom. The Kier molecular flexibility index (Phi) is 3.46. The molecule has 1 rings (SSSR count). The van der Waals surface area contributed by atoms with Crippen LogP contribution in [0.4, 0.5) is 0 Å². The standard InChI is InChI=1S/C10H13NO2/c1-11-5-4-8-6-10(13)3-2-9(8)7-12/h2-3,6-7,11,13H,4-5H2,1H3. The first-order chi connectivity index (χ1) is 6.27. The topological polar surface area (TPSA) is 49.3 Å². The van der Waals surface area contributed by atoms with Gasteiger partial charge in [0, 0.05) is 5.56 Å². The lowest BCUT2D eigenvalue weighted by molar-refractivity contribution is 0.112. The predicted octanol–water partition coefficient (Wildman–Crippen LogP) is 0.967. The van der Waals surface area contributed by atoms with E-state index in [1.165, 1.54) is 6.07 Å². The molecule has 1 aromatic rings. The van der Waals surface area contributed by atoms with Gasteiger partial charge < -0.3 is 10.4 Å². The number of rotatable bonds is 4. The number of phenolic OH excluding ortho intramolecular Hbond substituents is 1. The molecule has 0 aliphatic carbocycles. The molecule has 70 valence electrons. The number of carbonyl (C=O) groups is 1. The summed E-state index contributed by atoms with van der Waals surface area (Å²) < 4.78 is 0. The van der Waals surface area contributed by atoms with Gasteiger partial charge in [-0.1, -0.05) is 0 Å². The van der Waals surface area contributed by atoms with Crippen molar-refractivity contribution in [3.05, 3.63) is 29.3 Å². The summed E-state index contributed by atoms with van der Waals surface area (Å²) in [5.41, 5.74) is 1.53. The van der Waals surface area contributed by atoms with Crippen molar-refractivity contribution >= 4 is 6.29 Å². The molecule has 0 bridgehead atoms. The molecule has 2 N–H and O–H groups in total. The Morgan fingerprint density at radius 1 is 1.54 bits per heavy atom. The van der Waals surface area contributed by atoms with E-state index < -0.39 is 0 Å². The first-order valence-corrected chi connectivity index (χ1v) is 4.19. The summed E-state index contributed by atoms with van der Waals surface area (Å²) in [7, 11) is 1.85. The Morgan fingerprint density at radius 2 is 2.31 bits per heavy atom. The molecule has 0 aliphatic rings. The number of nitrogens with one attached hydrogen (secondary N) is 1. The molecule has 0 aliphatic heterocycles. The molecule has 0 aromatic heterocycles. The third-order valence-electron chi connectivity index (χ3n) is 1.90. The maximum atomic E-state index is 10.6. The van der Waals surface area contributed by atoms with Crippen molar-refractivity contribution in [1.29, 1.82) is 0 Å². The molecule has 3 nitrogen and oxygen atoms in total. The van der Waals surface area contributed by atoms with Crippen LogP contribution in [0.5, 0.6) is 5.75 Å². The molecule has 0 saturated heterocycles. The third-order valence-corrected chi connectivity index (χ3v) is 1.90. The molecule has 0 unspecified atom stereocenters. The van der Waals surface area contributed by atoms with E-state index in [9.17, 15) is 9.90 Å². The fraction of sp³-hybridized carbons (Fsp3) is 0.300. The SMILES string of the molecule is CNCCc1cc(O)ccc1C=O. The van der Waals surface area contributed by atoms with Gasteiger partial charge in [0.05, 0.1) is 0 Å².